The molecule has 0 fully saturated rings. The number of aliphatic imine (C=N–C) groups is 1. The van der Waals surface area contributed by atoms with Crippen molar-refractivity contribution >= 4 is 30.1 Å². The lowest BCUT2D eigenvalue weighted by atomic mass is 9.96. The highest BCUT2D eigenvalue weighted by atomic mass is 35.5. The Morgan fingerprint density at radius 3 is 2.62 bits per heavy atom. The molecule has 29 heavy (non-hydrogen) atoms. The summed E-state index contributed by atoms with van der Waals surface area (Å²) >= 11 is 0. The molecule has 156 valence electrons. The highest BCUT2D eigenvalue weighted by Crippen LogP contribution is 2.33. The SMILES string of the molecule is CC(C)(C)c1nc2c([nH]1)C1=N[C@H](Cc3ccccc3)CN1C(=O)N2CCCO.Cl. The van der Waals surface area contributed by atoms with Gasteiger partial charge in [0.25, 0.3) is 0 Å². The van der Waals surface area contributed by atoms with Crippen molar-refractivity contribution in [3.05, 3.63) is 47.4 Å². The third-order valence-corrected chi connectivity index (χ3v) is 5.14. The molecule has 2 aliphatic heterocycles. The molecule has 2 aromatic rings. The normalized spacial score (nSPS) is 18.3. The Balaban J connectivity index is 0.00000240. The van der Waals surface area contributed by atoms with Crippen molar-refractivity contribution in [1.29, 1.82) is 0 Å². The first-order chi connectivity index (χ1) is 13.4. The first-order valence-electron chi connectivity index (χ1n) is 9.81. The zero-order valence-electron chi connectivity index (χ0n) is 17.1. The molecule has 7 nitrogen and oxygen atoms in total. The van der Waals surface area contributed by atoms with Gasteiger partial charge in [-0.05, 0) is 18.4 Å². The van der Waals surface area contributed by atoms with Crippen molar-refractivity contribution in [2.45, 2.75) is 45.1 Å². The molecule has 8 heteroatoms. The van der Waals surface area contributed by atoms with E-state index in [0.29, 0.717) is 31.2 Å². The van der Waals surface area contributed by atoms with Crippen LogP contribution in [0.3, 0.4) is 0 Å². The first-order valence-corrected chi connectivity index (χ1v) is 9.81. The molecule has 0 aliphatic carbocycles. The molecule has 4 rings (SSSR count). The fraction of sp³-hybridized carbons (Fsp3) is 0.476. The summed E-state index contributed by atoms with van der Waals surface area (Å²) in [4.78, 5) is 29.6. The van der Waals surface area contributed by atoms with Gasteiger partial charge in [0, 0.05) is 18.6 Å². The number of nitrogens with one attached hydrogen (secondary N) is 1. The van der Waals surface area contributed by atoms with Crippen LogP contribution in [0.5, 0.6) is 0 Å². The number of halogens is 1. The van der Waals surface area contributed by atoms with E-state index >= 15 is 0 Å². The van der Waals surface area contributed by atoms with Crippen LogP contribution < -0.4 is 4.90 Å². The van der Waals surface area contributed by atoms with E-state index in [0.717, 1.165) is 17.9 Å². The third kappa shape index (κ3) is 4.02. The van der Waals surface area contributed by atoms with Gasteiger partial charge < -0.3 is 10.1 Å². The molecule has 2 aliphatic rings. The molecule has 0 unspecified atom stereocenters. The van der Waals surface area contributed by atoms with E-state index in [-0.39, 0.29) is 36.5 Å². The van der Waals surface area contributed by atoms with Crippen LogP contribution >= 0.6 is 12.4 Å². The summed E-state index contributed by atoms with van der Waals surface area (Å²) in [5, 5.41) is 9.26. The van der Waals surface area contributed by atoms with Crippen LogP contribution in [0.15, 0.2) is 35.3 Å². The van der Waals surface area contributed by atoms with Crippen LogP contribution in [-0.2, 0) is 11.8 Å². The minimum absolute atomic E-state index is 0. The number of amides is 2. The van der Waals surface area contributed by atoms with E-state index < -0.39 is 0 Å². The van der Waals surface area contributed by atoms with Gasteiger partial charge in [0.1, 0.15) is 11.5 Å². The molecule has 0 saturated heterocycles. The number of amidine groups is 1. The number of fused-ring (bicyclic) bond motifs is 3. The van der Waals surface area contributed by atoms with Gasteiger partial charge in [-0.1, -0.05) is 51.1 Å². The highest BCUT2D eigenvalue weighted by molar-refractivity contribution is 6.18. The third-order valence-electron chi connectivity index (χ3n) is 5.14. The molecule has 0 radical (unpaired) electrons. The topological polar surface area (TPSA) is 84.8 Å². The van der Waals surface area contributed by atoms with Crippen LogP contribution in [-0.4, -0.2) is 57.6 Å². The number of H-pyrrole nitrogens is 1. The summed E-state index contributed by atoms with van der Waals surface area (Å²) < 4.78 is 0. The Morgan fingerprint density at radius 2 is 1.97 bits per heavy atom. The summed E-state index contributed by atoms with van der Waals surface area (Å²) in [5.74, 6) is 2.14. The van der Waals surface area contributed by atoms with Crippen molar-refractivity contribution in [3.63, 3.8) is 0 Å². The van der Waals surface area contributed by atoms with Crippen LogP contribution in [0.25, 0.3) is 0 Å². The Bertz CT molecular complexity index is 904. The van der Waals surface area contributed by atoms with E-state index in [1.165, 1.54) is 5.56 Å². The van der Waals surface area contributed by atoms with Crippen LogP contribution in [0, 0.1) is 0 Å². The smallest absolute Gasteiger partial charge is 0.331 e. The average Bonchev–Trinajstić information content (AvgIpc) is 3.27. The van der Waals surface area contributed by atoms with Crippen molar-refractivity contribution in [3.8, 4) is 0 Å². The number of nitrogens with zero attached hydrogens (tertiary/aromatic N) is 4. The van der Waals surface area contributed by atoms with Crippen LogP contribution in [0.2, 0.25) is 0 Å². The monoisotopic (exact) mass is 417 g/mol. The number of anilines is 1. The van der Waals surface area contributed by atoms with Gasteiger partial charge in [0.15, 0.2) is 11.7 Å². The maximum absolute atomic E-state index is 13.2. The Hall–Kier alpha value is -2.38. The first kappa shape index (κ1) is 21.3. The van der Waals surface area contributed by atoms with Crippen molar-refractivity contribution in [2.24, 2.45) is 4.99 Å². The quantitative estimate of drug-likeness (QED) is 0.783. The van der Waals surface area contributed by atoms with E-state index in [2.05, 4.69) is 37.9 Å². The van der Waals surface area contributed by atoms with Crippen LogP contribution in [0.1, 0.15) is 44.3 Å². The molecule has 1 aromatic heterocycles. The molecule has 0 bridgehead atoms. The van der Waals surface area contributed by atoms with Gasteiger partial charge >= 0.3 is 6.03 Å². The predicted octanol–water partition coefficient (Wildman–Crippen LogP) is 3.12. The second kappa shape index (κ2) is 8.16. The summed E-state index contributed by atoms with van der Waals surface area (Å²) in [7, 11) is 0. The lowest BCUT2D eigenvalue weighted by Crippen LogP contribution is -2.50. The summed E-state index contributed by atoms with van der Waals surface area (Å²) in [6.45, 7) is 7.29. The Morgan fingerprint density at radius 1 is 1.24 bits per heavy atom. The van der Waals surface area contributed by atoms with Gasteiger partial charge in [-0.3, -0.25) is 14.8 Å². The molecular weight excluding hydrogens is 390 g/mol. The number of imidazole rings is 1. The number of aromatic amines is 1. The zero-order valence-corrected chi connectivity index (χ0v) is 17.9. The number of aromatic nitrogens is 2. The van der Waals surface area contributed by atoms with Crippen LogP contribution in [0.4, 0.5) is 10.6 Å². The number of carbonyl (C=O) groups is 1. The molecule has 1 aromatic carbocycles. The maximum Gasteiger partial charge on any atom is 0.331 e. The maximum atomic E-state index is 13.2. The zero-order chi connectivity index (χ0) is 19.9. The number of rotatable bonds is 5. The summed E-state index contributed by atoms with van der Waals surface area (Å²) in [5.41, 5.74) is 1.84. The van der Waals surface area contributed by atoms with E-state index in [9.17, 15) is 9.90 Å². The van der Waals surface area contributed by atoms with Crippen molar-refractivity contribution < 1.29 is 9.90 Å². The fourth-order valence-corrected chi connectivity index (χ4v) is 3.68. The standard InChI is InChI=1S/C21H27N5O2.ClH/c1-21(2,3)19-23-16-17-22-15(12-14-8-5-4-6-9-14)13-26(17)20(28)25(10-7-11-27)18(16)24-19;/h4-6,8-9,15,27H,7,10-13H2,1-3H3,(H,23,24);1H/t15-;/m1./s1. The minimum atomic E-state index is -0.170. The van der Waals surface area contributed by atoms with E-state index in [1.54, 1.807) is 9.80 Å². The second-order valence-electron chi connectivity index (χ2n) is 8.45. The highest BCUT2D eigenvalue weighted by Gasteiger charge is 2.43. The predicted molar refractivity (Wildman–Crippen MR) is 116 cm³/mol. The summed E-state index contributed by atoms with van der Waals surface area (Å²) in [6, 6.07) is 10.1. The molecule has 0 spiro atoms. The number of carbonyl (C=O) groups excluding carboxylic acids is 1. The molecule has 2 N–H and O–H groups in total. The Kier molecular flexibility index (Phi) is 6.00. The lowest BCUT2D eigenvalue weighted by Gasteiger charge is -2.32. The number of hydrogen-bond donors (Lipinski definition) is 2. The Labute approximate surface area is 177 Å². The fourth-order valence-electron chi connectivity index (χ4n) is 3.68. The average molecular weight is 418 g/mol. The van der Waals surface area contributed by atoms with Crippen molar-refractivity contribution in [2.75, 3.05) is 24.6 Å². The number of urea groups is 1. The van der Waals surface area contributed by atoms with Crippen molar-refractivity contribution in [1.82, 2.24) is 14.9 Å². The second-order valence-corrected chi connectivity index (χ2v) is 8.45. The molecule has 1 atom stereocenters. The number of aliphatic hydroxyl groups is 1. The molecule has 0 saturated carbocycles. The lowest BCUT2D eigenvalue weighted by molar-refractivity contribution is 0.225. The summed E-state index contributed by atoms with van der Waals surface area (Å²) in [6.07, 6.45) is 1.30. The number of aliphatic hydroxyl groups excluding tert-OH is 1. The van der Waals surface area contributed by atoms with E-state index in [4.69, 9.17) is 9.98 Å². The van der Waals surface area contributed by atoms with Gasteiger partial charge in [0.05, 0.1) is 12.6 Å². The largest absolute Gasteiger partial charge is 0.396 e. The van der Waals surface area contributed by atoms with E-state index in [1.807, 2.05) is 18.2 Å². The number of benzene rings is 1. The molecule has 3 heterocycles. The van der Waals surface area contributed by atoms with Gasteiger partial charge in [-0.25, -0.2) is 9.78 Å². The number of hydrogen-bond acceptors (Lipinski definition) is 4. The molecular formula is C21H28ClN5O2. The van der Waals surface area contributed by atoms with Gasteiger partial charge in [0.2, 0.25) is 0 Å². The molecule has 2 amide bonds. The minimum Gasteiger partial charge on any atom is -0.396 e. The van der Waals surface area contributed by atoms with Gasteiger partial charge in [-0.2, -0.15) is 0 Å². The van der Waals surface area contributed by atoms with Gasteiger partial charge in [-0.15, -0.1) is 12.4 Å².